The molecule has 2 aromatic carbocycles. The predicted molar refractivity (Wildman–Crippen MR) is 97.0 cm³/mol. The molecule has 140 valence electrons. The molecule has 0 atom stereocenters. The minimum atomic E-state index is -4.20. The molecular weight excluding hydrogens is 374 g/mol. The van der Waals surface area contributed by atoms with Crippen LogP contribution >= 0.6 is 0 Å². The van der Waals surface area contributed by atoms with Crippen LogP contribution in [-0.4, -0.2) is 36.8 Å². The van der Waals surface area contributed by atoms with Gasteiger partial charge in [0.1, 0.15) is 0 Å². The number of nitrogens with one attached hydrogen (secondary N) is 1. The molecule has 4 aromatic rings. The van der Waals surface area contributed by atoms with E-state index in [4.69, 9.17) is 14.0 Å². The topological polar surface area (TPSA) is 116 Å². The first-order valence-corrected chi connectivity index (χ1v) is 9.29. The molecule has 2 heterocycles. The molecule has 1 N–H and O–H groups in total. The Hall–Kier alpha value is -3.27. The number of benzene rings is 2. The van der Waals surface area contributed by atoms with E-state index in [0.717, 1.165) is 0 Å². The van der Waals surface area contributed by atoms with Crippen molar-refractivity contribution in [2.45, 2.75) is 11.8 Å². The van der Waals surface area contributed by atoms with Crippen LogP contribution in [0, 0.1) is 6.92 Å². The molecule has 0 aliphatic rings. The van der Waals surface area contributed by atoms with E-state index < -0.39 is 15.7 Å². The van der Waals surface area contributed by atoms with Gasteiger partial charge in [-0.3, -0.25) is 0 Å². The third-order valence-corrected chi connectivity index (χ3v) is 6.00. The van der Waals surface area contributed by atoms with Crippen molar-refractivity contribution in [3.63, 3.8) is 0 Å². The molecule has 2 aromatic heterocycles. The van der Waals surface area contributed by atoms with Gasteiger partial charge in [0.2, 0.25) is 0 Å². The maximum atomic E-state index is 13.1. The first-order chi connectivity index (χ1) is 12.9. The second-order valence-corrected chi connectivity index (χ2v) is 7.64. The summed E-state index contributed by atoms with van der Waals surface area (Å²) < 4.78 is 42.5. The lowest BCUT2D eigenvalue weighted by molar-refractivity contribution is 0.354. The maximum absolute atomic E-state index is 13.1. The summed E-state index contributed by atoms with van der Waals surface area (Å²) >= 11 is 0. The van der Waals surface area contributed by atoms with E-state index in [9.17, 15) is 13.2 Å². The van der Waals surface area contributed by atoms with Crippen molar-refractivity contribution in [3.05, 3.63) is 46.5 Å². The number of aromatic amines is 1. The van der Waals surface area contributed by atoms with E-state index in [1.165, 1.54) is 38.5 Å². The Balaban J connectivity index is 1.99. The van der Waals surface area contributed by atoms with Gasteiger partial charge in [-0.25, -0.2) is 13.2 Å². The summed E-state index contributed by atoms with van der Waals surface area (Å²) in [5.74, 6) is 0.612. The molecule has 4 rings (SSSR count). The fourth-order valence-electron chi connectivity index (χ4n) is 2.96. The summed E-state index contributed by atoms with van der Waals surface area (Å²) in [5, 5.41) is 4.55. The van der Waals surface area contributed by atoms with Crippen LogP contribution in [0.3, 0.4) is 0 Å². The Labute approximate surface area is 153 Å². The molecule has 27 heavy (non-hydrogen) atoms. The standard InChI is InChI=1S/C17H15N3O6S/c1-9-11-7-12-13(8-15(11)26-19-9)20(17(21)18-12)27(22,23)10-4-5-14(24-2)16(6-10)25-3/h4-8H,1-3H3,(H,18,21). The number of H-pyrrole nitrogens is 1. The monoisotopic (exact) mass is 389 g/mol. The summed E-state index contributed by atoms with van der Waals surface area (Å²) in [5.41, 5.74) is 0.776. The zero-order chi connectivity index (χ0) is 19.3. The Morgan fingerprint density at radius 3 is 2.56 bits per heavy atom. The van der Waals surface area contributed by atoms with Crippen molar-refractivity contribution in [1.82, 2.24) is 14.1 Å². The zero-order valence-electron chi connectivity index (χ0n) is 14.6. The van der Waals surface area contributed by atoms with Crippen LogP contribution in [0.5, 0.6) is 11.5 Å². The molecule has 9 nitrogen and oxygen atoms in total. The highest BCUT2D eigenvalue weighted by Gasteiger charge is 2.25. The molecule has 0 aliphatic carbocycles. The number of aromatic nitrogens is 3. The van der Waals surface area contributed by atoms with E-state index in [-0.39, 0.29) is 16.2 Å². The van der Waals surface area contributed by atoms with Gasteiger partial charge in [-0.2, -0.15) is 3.97 Å². The van der Waals surface area contributed by atoms with E-state index in [0.29, 0.717) is 31.9 Å². The molecule has 0 spiro atoms. The van der Waals surface area contributed by atoms with Crippen LogP contribution < -0.4 is 15.2 Å². The Kier molecular flexibility index (Phi) is 3.74. The van der Waals surface area contributed by atoms with Gasteiger partial charge in [0, 0.05) is 17.5 Å². The van der Waals surface area contributed by atoms with Crippen LogP contribution in [0.2, 0.25) is 0 Å². The average Bonchev–Trinajstić information content (AvgIpc) is 3.18. The maximum Gasteiger partial charge on any atom is 0.340 e. The lowest BCUT2D eigenvalue weighted by atomic mass is 10.2. The molecule has 0 amide bonds. The van der Waals surface area contributed by atoms with Crippen molar-refractivity contribution in [2.75, 3.05) is 14.2 Å². The molecule has 0 saturated carbocycles. The molecule has 0 radical (unpaired) electrons. The number of ether oxygens (including phenoxy) is 2. The SMILES string of the molecule is COc1ccc(S(=O)(=O)n2c(=O)[nH]c3cc4c(C)noc4cc32)cc1OC. The Bertz CT molecular complexity index is 1350. The third-order valence-electron chi connectivity index (χ3n) is 4.31. The number of nitrogens with zero attached hydrogens (tertiary/aromatic N) is 2. The molecule has 0 unspecified atom stereocenters. The highest BCUT2D eigenvalue weighted by atomic mass is 32.2. The summed E-state index contributed by atoms with van der Waals surface area (Å²) in [6.45, 7) is 1.76. The predicted octanol–water partition coefficient (Wildman–Crippen LogP) is 2.03. The van der Waals surface area contributed by atoms with Crippen molar-refractivity contribution in [3.8, 4) is 11.5 Å². The minimum absolute atomic E-state index is 0.114. The lowest BCUT2D eigenvalue weighted by Crippen LogP contribution is -2.25. The van der Waals surface area contributed by atoms with Crippen LogP contribution in [0.1, 0.15) is 5.69 Å². The largest absolute Gasteiger partial charge is 0.493 e. The van der Waals surface area contributed by atoms with Gasteiger partial charge < -0.3 is 19.0 Å². The first-order valence-electron chi connectivity index (χ1n) is 7.85. The number of rotatable bonds is 4. The zero-order valence-corrected chi connectivity index (χ0v) is 15.5. The second kappa shape index (κ2) is 5.88. The smallest absolute Gasteiger partial charge is 0.340 e. The van der Waals surface area contributed by atoms with Gasteiger partial charge in [0.05, 0.1) is 35.8 Å². The summed E-state index contributed by atoms with van der Waals surface area (Å²) in [4.78, 5) is 14.9. The number of hydrogen-bond donors (Lipinski definition) is 1. The van der Waals surface area contributed by atoms with Crippen LogP contribution in [0.4, 0.5) is 0 Å². The van der Waals surface area contributed by atoms with Gasteiger partial charge in [-0.1, -0.05) is 5.16 Å². The van der Waals surface area contributed by atoms with E-state index in [1.807, 2.05) is 0 Å². The number of fused-ring (bicyclic) bond motifs is 2. The van der Waals surface area contributed by atoms with Gasteiger partial charge in [0.15, 0.2) is 17.1 Å². The van der Waals surface area contributed by atoms with E-state index in [2.05, 4.69) is 10.1 Å². The average molecular weight is 389 g/mol. The second-order valence-electron chi connectivity index (χ2n) is 5.85. The quantitative estimate of drug-likeness (QED) is 0.567. The summed E-state index contributed by atoms with van der Waals surface area (Å²) in [6.07, 6.45) is 0. The highest BCUT2D eigenvalue weighted by molar-refractivity contribution is 7.90. The van der Waals surface area contributed by atoms with Crippen LogP contribution in [0.25, 0.3) is 22.0 Å². The van der Waals surface area contributed by atoms with Gasteiger partial charge in [-0.05, 0) is 25.1 Å². The van der Waals surface area contributed by atoms with Crippen LogP contribution in [-0.2, 0) is 10.0 Å². The van der Waals surface area contributed by atoms with Crippen molar-refractivity contribution in [2.24, 2.45) is 0 Å². The van der Waals surface area contributed by atoms with Crippen molar-refractivity contribution >= 4 is 32.0 Å². The Morgan fingerprint density at radius 2 is 1.85 bits per heavy atom. The number of aryl methyl sites for hydroxylation is 1. The summed E-state index contributed by atoms with van der Waals surface area (Å²) in [6, 6.07) is 7.22. The molecule has 0 bridgehead atoms. The first kappa shape index (κ1) is 17.2. The summed E-state index contributed by atoms with van der Waals surface area (Å²) in [7, 11) is -1.35. The van der Waals surface area contributed by atoms with Gasteiger partial charge in [-0.15, -0.1) is 0 Å². The lowest BCUT2D eigenvalue weighted by Gasteiger charge is -2.10. The minimum Gasteiger partial charge on any atom is -0.493 e. The number of hydrogen-bond acceptors (Lipinski definition) is 7. The number of methoxy groups -OCH3 is 2. The highest BCUT2D eigenvalue weighted by Crippen LogP contribution is 2.31. The number of imidazole rings is 1. The molecule has 10 heteroatoms. The van der Waals surface area contributed by atoms with Gasteiger partial charge >= 0.3 is 5.69 Å². The van der Waals surface area contributed by atoms with E-state index in [1.54, 1.807) is 13.0 Å². The molecule has 0 saturated heterocycles. The molecule has 0 aliphatic heterocycles. The van der Waals surface area contributed by atoms with Crippen molar-refractivity contribution < 1.29 is 22.4 Å². The van der Waals surface area contributed by atoms with Crippen molar-refractivity contribution in [1.29, 1.82) is 0 Å². The normalized spacial score (nSPS) is 12.0. The van der Waals surface area contributed by atoms with Gasteiger partial charge in [0.25, 0.3) is 10.0 Å². The van der Waals surface area contributed by atoms with Crippen LogP contribution in [0.15, 0.2) is 44.5 Å². The fraction of sp³-hybridized carbons (Fsp3) is 0.176. The Morgan fingerprint density at radius 1 is 1.11 bits per heavy atom. The molecular formula is C17H15N3O6S. The molecule has 0 fully saturated rings. The third kappa shape index (κ3) is 2.48. The fourth-order valence-corrected chi connectivity index (χ4v) is 4.34. The van der Waals surface area contributed by atoms with E-state index >= 15 is 0 Å².